The van der Waals surface area contributed by atoms with Crippen LogP contribution in [-0.4, -0.2) is 31.2 Å². The highest BCUT2D eigenvalue weighted by Gasteiger charge is 2.24. The van der Waals surface area contributed by atoms with E-state index in [4.69, 9.17) is 5.14 Å². The Morgan fingerprint density at radius 2 is 1.89 bits per heavy atom. The van der Waals surface area contributed by atoms with Gasteiger partial charge in [-0.15, -0.1) is 11.8 Å². The molecule has 1 heterocycles. The summed E-state index contributed by atoms with van der Waals surface area (Å²) in [5, 5.41) is 10.5. The van der Waals surface area contributed by atoms with Crippen molar-refractivity contribution in [3.8, 4) is 0 Å². The molecular formula is C19H21N3O4S2. The summed E-state index contributed by atoms with van der Waals surface area (Å²) in [7, 11) is -3.73. The summed E-state index contributed by atoms with van der Waals surface area (Å²) in [6.45, 7) is 0.270. The third-order valence-electron chi connectivity index (χ3n) is 4.40. The van der Waals surface area contributed by atoms with E-state index in [2.05, 4.69) is 10.6 Å². The first-order valence-corrected chi connectivity index (χ1v) is 11.3. The molecule has 2 aromatic carbocycles. The maximum Gasteiger partial charge on any atom is 0.238 e. The Labute approximate surface area is 168 Å². The average Bonchev–Trinajstić information content (AvgIpc) is 2.82. The lowest BCUT2D eigenvalue weighted by Gasteiger charge is -2.13. The van der Waals surface area contributed by atoms with Crippen LogP contribution in [0.2, 0.25) is 0 Å². The minimum atomic E-state index is -3.73. The summed E-state index contributed by atoms with van der Waals surface area (Å²) >= 11 is 1.32. The molecular weight excluding hydrogens is 398 g/mol. The van der Waals surface area contributed by atoms with Gasteiger partial charge in [0, 0.05) is 12.2 Å². The van der Waals surface area contributed by atoms with Gasteiger partial charge in [0.25, 0.3) is 0 Å². The molecule has 0 spiro atoms. The van der Waals surface area contributed by atoms with Crippen molar-refractivity contribution in [2.75, 3.05) is 11.1 Å². The van der Waals surface area contributed by atoms with E-state index < -0.39 is 10.0 Å². The van der Waals surface area contributed by atoms with Crippen LogP contribution in [0.15, 0.2) is 53.4 Å². The first-order chi connectivity index (χ1) is 13.3. The number of nitrogens with two attached hydrogens (primary N) is 1. The smallest absolute Gasteiger partial charge is 0.238 e. The summed E-state index contributed by atoms with van der Waals surface area (Å²) < 4.78 is 22.5. The standard InChI is InChI=1S/C19H21N3O4S2/c20-28(25,26)15-8-5-13(6-9-15)11-21-18(23)12-27-17-10-7-14-3-1-2-4-16(14)22-19(17)24/h1-6,8-9,17H,7,10-12H2,(H,21,23)(H,22,24)(H2,20,25,26)/t17-/m0/s1. The van der Waals surface area contributed by atoms with Gasteiger partial charge in [0.1, 0.15) is 0 Å². The Balaban J connectivity index is 1.47. The molecule has 28 heavy (non-hydrogen) atoms. The number of anilines is 1. The molecule has 148 valence electrons. The monoisotopic (exact) mass is 419 g/mol. The number of para-hydroxylation sites is 1. The van der Waals surface area contributed by atoms with E-state index in [-0.39, 0.29) is 34.3 Å². The maximum absolute atomic E-state index is 12.4. The van der Waals surface area contributed by atoms with E-state index in [0.29, 0.717) is 6.42 Å². The lowest BCUT2D eigenvalue weighted by molar-refractivity contribution is -0.118. The number of sulfonamides is 1. The van der Waals surface area contributed by atoms with Crippen LogP contribution in [0.4, 0.5) is 5.69 Å². The molecule has 0 saturated heterocycles. The van der Waals surface area contributed by atoms with Crippen molar-refractivity contribution in [2.24, 2.45) is 5.14 Å². The highest BCUT2D eigenvalue weighted by Crippen LogP contribution is 2.27. The van der Waals surface area contributed by atoms with Gasteiger partial charge >= 0.3 is 0 Å². The maximum atomic E-state index is 12.4. The quantitative estimate of drug-likeness (QED) is 0.658. The van der Waals surface area contributed by atoms with Gasteiger partial charge in [-0.3, -0.25) is 9.59 Å². The van der Waals surface area contributed by atoms with Crippen LogP contribution in [0.25, 0.3) is 0 Å². The van der Waals surface area contributed by atoms with Crippen LogP contribution >= 0.6 is 11.8 Å². The van der Waals surface area contributed by atoms with Crippen LogP contribution in [0.1, 0.15) is 17.5 Å². The minimum absolute atomic E-state index is 0.0264. The van der Waals surface area contributed by atoms with E-state index in [1.807, 2.05) is 24.3 Å². The van der Waals surface area contributed by atoms with Gasteiger partial charge in [0.2, 0.25) is 21.8 Å². The average molecular weight is 420 g/mol. The molecule has 9 heteroatoms. The molecule has 4 N–H and O–H groups in total. The zero-order chi connectivity index (χ0) is 20.1. The van der Waals surface area contributed by atoms with Gasteiger partial charge in [-0.2, -0.15) is 0 Å². The van der Waals surface area contributed by atoms with Gasteiger partial charge < -0.3 is 10.6 Å². The van der Waals surface area contributed by atoms with Gasteiger partial charge in [0.15, 0.2) is 0 Å². The van der Waals surface area contributed by atoms with Gasteiger partial charge in [-0.1, -0.05) is 30.3 Å². The van der Waals surface area contributed by atoms with Gasteiger partial charge in [-0.25, -0.2) is 13.6 Å². The van der Waals surface area contributed by atoms with Gasteiger partial charge in [0.05, 0.1) is 15.9 Å². The molecule has 0 unspecified atom stereocenters. The van der Waals surface area contributed by atoms with Gasteiger partial charge in [-0.05, 0) is 42.2 Å². The molecule has 0 bridgehead atoms. The third kappa shape index (κ3) is 5.34. The molecule has 1 atom stereocenters. The van der Waals surface area contributed by atoms with Crippen molar-refractivity contribution in [3.63, 3.8) is 0 Å². The van der Waals surface area contributed by atoms with Crippen molar-refractivity contribution >= 4 is 39.3 Å². The highest BCUT2D eigenvalue weighted by molar-refractivity contribution is 8.01. The van der Waals surface area contributed by atoms with E-state index in [1.54, 1.807) is 12.1 Å². The topological polar surface area (TPSA) is 118 Å². The Morgan fingerprint density at radius 3 is 2.61 bits per heavy atom. The van der Waals surface area contributed by atoms with Crippen LogP contribution in [0, 0.1) is 0 Å². The van der Waals surface area contributed by atoms with E-state index in [0.717, 1.165) is 23.2 Å². The zero-order valence-electron chi connectivity index (χ0n) is 15.1. The zero-order valence-corrected chi connectivity index (χ0v) is 16.7. The molecule has 0 aliphatic carbocycles. The molecule has 2 aromatic rings. The number of aryl methyl sites for hydroxylation is 1. The van der Waals surface area contributed by atoms with Crippen LogP contribution in [0.3, 0.4) is 0 Å². The van der Waals surface area contributed by atoms with Crippen molar-refractivity contribution in [1.29, 1.82) is 0 Å². The normalized spacial score (nSPS) is 16.6. The second-order valence-electron chi connectivity index (χ2n) is 6.45. The fourth-order valence-electron chi connectivity index (χ4n) is 2.88. The molecule has 0 aromatic heterocycles. The number of rotatable bonds is 6. The molecule has 0 radical (unpaired) electrons. The molecule has 0 saturated carbocycles. The Morgan fingerprint density at radius 1 is 1.18 bits per heavy atom. The first kappa shape index (κ1) is 20.4. The predicted octanol–water partition coefficient (Wildman–Crippen LogP) is 1.64. The molecule has 7 nitrogen and oxygen atoms in total. The largest absolute Gasteiger partial charge is 0.351 e. The van der Waals surface area contributed by atoms with Crippen LogP contribution in [0.5, 0.6) is 0 Å². The molecule has 2 amide bonds. The molecule has 0 fully saturated rings. The third-order valence-corrected chi connectivity index (χ3v) is 6.61. The number of primary sulfonamides is 1. The Hall–Kier alpha value is -2.36. The summed E-state index contributed by atoms with van der Waals surface area (Å²) in [6.07, 6.45) is 1.46. The number of fused-ring (bicyclic) bond motifs is 1. The fraction of sp³-hybridized carbons (Fsp3) is 0.263. The van der Waals surface area contributed by atoms with Crippen LogP contribution in [-0.2, 0) is 32.6 Å². The lowest BCUT2D eigenvalue weighted by Crippen LogP contribution is -2.29. The summed E-state index contributed by atoms with van der Waals surface area (Å²) in [4.78, 5) is 24.5. The second-order valence-corrected chi connectivity index (χ2v) is 9.20. The number of carbonyl (C=O) groups excluding carboxylic acids is 2. The molecule has 3 rings (SSSR count). The summed E-state index contributed by atoms with van der Waals surface area (Å²) in [5.74, 6) is -0.0969. The lowest BCUT2D eigenvalue weighted by atomic mass is 10.1. The van der Waals surface area contributed by atoms with Crippen molar-refractivity contribution in [1.82, 2.24) is 5.32 Å². The van der Waals surface area contributed by atoms with Crippen LogP contribution < -0.4 is 15.8 Å². The van der Waals surface area contributed by atoms with Crippen molar-refractivity contribution in [2.45, 2.75) is 29.5 Å². The Bertz CT molecular complexity index is 975. The number of hydrogen-bond donors (Lipinski definition) is 3. The van der Waals surface area contributed by atoms with E-state index in [9.17, 15) is 18.0 Å². The summed E-state index contributed by atoms with van der Waals surface area (Å²) in [6, 6.07) is 13.7. The molecule has 1 aliphatic rings. The first-order valence-electron chi connectivity index (χ1n) is 8.72. The van der Waals surface area contributed by atoms with E-state index in [1.165, 1.54) is 23.9 Å². The summed E-state index contributed by atoms with van der Waals surface area (Å²) in [5.41, 5.74) is 2.70. The highest BCUT2D eigenvalue weighted by atomic mass is 32.2. The fourth-order valence-corrected chi connectivity index (χ4v) is 4.34. The number of amides is 2. The number of benzene rings is 2. The second kappa shape index (κ2) is 8.76. The Kier molecular flexibility index (Phi) is 6.38. The SMILES string of the molecule is NS(=O)(=O)c1ccc(CNC(=O)CS[C@H]2CCc3ccccc3NC2=O)cc1. The number of hydrogen-bond acceptors (Lipinski definition) is 5. The predicted molar refractivity (Wildman–Crippen MR) is 109 cm³/mol. The molecule has 1 aliphatic heterocycles. The minimum Gasteiger partial charge on any atom is -0.351 e. The van der Waals surface area contributed by atoms with Crippen molar-refractivity contribution < 1.29 is 18.0 Å². The number of thioether (sulfide) groups is 1. The number of carbonyl (C=O) groups is 2. The van der Waals surface area contributed by atoms with Crippen molar-refractivity contribution in [3.05, 3.63) is 59.7 Å². The number of nitrogens with one attached hydrogen (secondary N) is 2. The van der Waals surface area contributed by atoms with E-state index >= 15 is 0 Å².